The topological polar surface area (TPSA) is 59.1 Å². The molecular weight excluding hydrogens is 284 g/mol. The number of thiophene rings is 1. The summed E-state index contributed by atoms with van der Waals surface area (Å²) in [4.78, 5) is 10.1. The highest BCUT2D eigenvalue weighted by atomic mass is 32.1. The standard InChI is InChI=1S/C15H24N4OS/c1-3-5-9-20-10-6-8-17-13-12-7-11-21-14(12)19-15(18-13)16-4-2/h7,11H,3-6,8-10H2,1-2H3,(H2,16,17,18,19). The Morgan fingerprint density at radius 2 is 2.00 bits per heavy atom. The number of hydrogen-bond donors (Lipinski definition) is 2. The van der Waals surface area contributed by atoms with Gasteiger partial charge in [-0.15, -0.1) is 11.3 Å². The van der Waals surface area contributed by atoms with Gasteiger partial charge in [-0.2, -0.15) is 4.98 Å². The number of nitrogens with one attached hydrogen (secondary N) is 2. The normalized spacial score (nSPS) is 11.0. The quantitative estimate of drug-likeness (QED) is 0.655. The largest absolute Gasteiger partial charge is 0.381 e. The highest BCUT2D eigenvalue weighted by Gasteiger charge is 2.07. The number of nitrogens with zero attached hydrogens (tertiary/aromatic N) is 2. The van der Waals surface area contributed by atoms with E-state index in [1.165, 1.54) is 6.42 Å². The molecule has 0 amide bonds. The third-order valence-electron chi connectivity index (χ3n) is 3.06. The molecule has 0 radical (unpaired) electrons. The monoisotopic (exact) mass is 308 g/mol. The second-order valence-corrected chi connectivity index (χ2v) is 5.71. The van der Waals surface area contributed by atoms with Crippen molar-refractivity contribution in [3.8, 4) is 0 Å². The number of fused-ring (bicyclic) bond motifs is 1. The molecule has 0 saturated carbocycles. The molecule has 0 spiro atoms. The van der Waals surface area contributed by atoms with Crippen LogP contribution < -0.4 is 10.6 Å². The van der Waals surface area contributed by atoms with Crippen LogP contribution in [0.15, 0.2) is 11.4 Å². The number of unbranched alkanes of at least 4 members (excludes halogenated alkanes) is 1. The van der Waals surface area contributed by atoms with Gasteiger partial charge in [-0.25, -0.2) is 4.98 Å². The summed E-state index contributed by atoms with van der Waals surface area (Å²) in [5, 5.41) is 9.71. The predicted molar refractivity (Wildman–Crippen MR) is 90.4 cm³/mol. The van der Waals surface area contributed by atoms with Crippen molar-refractivity contribution < 1.29 is 4.74 Å². The maximum absolute atomic E-state index is 5.56. The van der Waals surface area contributed by atoms with E-state index in [9.17, 15) is 0 Å². The Hall–Kier alpha value is -1.40. The molecule has 2 heterocycles. The van der Waals surface area contributed by atoms with E-state index in [0.29, 0.717) is 5.95 Å². The first-order chi connectivity index (χ1) is 10.3. The van der Waals surface area contributed by atoms with Crippen molar-refractivity contribution in [3.05, 3.63) is 11.4 Å². The number of anilines is 2. The van der Waals surface area contributed by atoms with Gasteiger partial charge in [0.15, 0.2) is 0 Å². The van der Waals surface area contributed by atoms with Crippen LogP contribution in [-0.2, 0) is 4.74 Å². The lowest BCUT2D eigenvalue weighted by atomic mass is 10.3. The van der Waals surface area contributed by atoms with Crippen LogP contribution in [0.2, 0.25) is 0 Å². The van der Waals surface area contributed by atoms with Crippen LogP contribution in [0.3, 0.4) is 0 Å². The van der Waals surface area contributed by atoms with Crippen LogP contribution >= 0.6 is 11.3 Å². The third kappa shape index (κ3) is 4.82. The van der Waals surface area contributed by atoms with E-state index in [0.717, 1.165) is 55.2 Å². The minimum absolute atomic E-state index is 0.689. The minimum Gasteiger partial charge on any atom is -0.381 e. The molecule has 2 aromatic heterocycles. The van der Waals surface area contributed by atoms with Crippen LogP contribution in [0.4, 0.5) is 11.8 Å². The molecule has 0 aliphatic heterocycles. The summed E-state index contributed by atoms with van der Waals surface area (Å²) < 4.78 is 5.56. The van der Waals surface area contributed by atoms with E-state index in [1.807, 2.05) is 12.3 Å². The summed E-state index contributed by atoms with van der Waals surface area (Å²) in [6.07, 6.45) is 3.30. The van der Waals surface area contributed by atoms with Crippen molar-refractivity contribution in [1.29, 1.82) is 0 Å². The van der Waals surface area contributed by atoms with Gasteiger partial charge < -0.3 is 15.4 Å². The van der Waals surface area contributed by atoms with E-state index in [-0.39, 0.29) is 0 Å². The van der Waals surface area contributed by atoms with Gasteiger partial charge in [0.2, 0.25) is 5.95 Å². The van der Waals surface area contributed by atoms with Crippen LogP contribution in [0.25, 0.3) is 10.2 Å². The van der Waals surface area contributed by atoms with Gasteiger partial charge in [0.05, 0.1) is 5.39 Å². The van der Waals surface area contributed by atoms with Crippen LogP contribution in [0, 0.1) is 0 Å². The summed E-state index contributed by atoms with van der Waals surface area (Å²) in [6, 6.07) is 2.07. The number of hydrogen-bond acceptors (Lipinski definition) is 6. The van der Waals surface area contributed by atoms with E-state index in [4.69, 9.17) is 4.74 Å². The van der Waals surface area contributed by atoms with Crippen molar-refractivity contribution in [2.75, 3.05) is 36.9 Å². The number of ether oxygens (including phenoxy) is 1. The summed E-state index contributed by atoms with van der Waals surface area (Å²) in [7, 11) is 0. The van der Waals surface area contributed by atoms with Crippen molar-refractivity contribution in [3.63, 3.8) is 0 Å². The zero-order chi connectivity index (χ0) is 14.9. The fourth-order valence-corrected chi connectivity index (χ4v) is 2.72. The molecule has 6 heteroatoms. The molecule has 0 unspecified atom stereocenters. The van der Waals surface area contributed by atoms with Gasteiger partial charge in [0, 0.05) is 26.3 Å². The Bertz CT molecular complexity index is 543. The first kappa shape index (κ1) is 16.0. The van der Waals surface area contributed by atoms with Gasteiger partial charge in [0.25, 0.3) is 0 Å². The molecule has 0 bridgehead atoms. The molecule has 0 fully saturated rings. The first-order valence-electron chi connectivity index (χ1n) is 7.65. The molecule has 0 atom stereocenters. The molecule has 0 aliphatic rings. The summed E-state index contributed by atoms with van der Waals surface area (Å²) >= 11 is 1.64. The molecule has 116 valence electrons. The first-order valence-corrected chi connectivity index (χ1v) is 8.53. The second kappa shape index (κ2) is 8.79. The van der Waals surface area contributed by atoms with Gasteiger partial charge in [-0.1, -0.05) is 13.3 Å². The second-order valence-electron chi connectivity index (χ2n) is 4.81. The number of rotatable bonds is 10. The summed E-state index contributed by atoms with van der Waals surface area (Å²) in [6.45, 7) is 7.56. The lowest BCUT2D eigenvalue weighted by molar-refractivity contribution is 0.131. The molecule has 2 rings (SSSR count). The average molecular weight is 308 g/mol. The maximum Gasteiger partial charge on any atom is 0.226 e. The zero-order valence-corrected chi connectivity index (χ0v) is 13.6. The van der Waals surface area contributed by atoms with Crippen LogP contribution in [0.5, 0.6) is 0 Å². The van der Waals surface area contributed by atoms with Crippen LogP contribution in [0.1, 0.15) is 33.1 Å². The molecule has 0 saturated heterocycles. The Balaban J connectivity index is 1.87. The van der Waals surface area contributed by atoms with Crippen molar-refractivity contribution in [2.45, 2.75) is 33.1 Å². The third-order valence-corrected chi connectivity index (χ3v) is 3.87. The van der Waals surface area contributed by atoms with Gasteiger partial charge in [-0.05, 0) is 31.2 Å². The Kier molecular flexibility index (Phi) is 6.69. The number of aromatic nitrogens is 2. The van der Waals surface area contributed by atoms with Gasteiger partial charge in [-0.3, -0.25) is 0 Å². The average Bonchev–Trinajstić information content (AvgIpc) is 2.95. The van der Waals surface area contributed by atoms with Crippen molar-refractivity contribution in [1.82, 2.24) is 9.97 Å². The fraction of sp³-hybridized carbons (Fsp3) is 0.600. The summed E-state index contributed by atoms with van der Waals surface area (Å²) in [5.74, 6) is 1.60. The van der Waals surface area contributed by atoms with E-state index >= 15 is 0 Å². The summed E-state index contributed by atoms with van der Waals surface area (Å²) in [5.41, 5.74) is 0. The fourth-order valence-electron chi connectivity index (χ4n) is 1.96. The van der Waals surface area contributed by atoms with Crippen LogP contribution in [-0.4, -0.2) is 36.3 Å². The Morgan fingerprint density at radius 3 is 2.81 bits per heavy atom. The molecule has 0 aliphatic carbocycles. The zero-order valence-electron chi connectivity index (χ0n) is 12.8. The van der Waals surface area contributed by atoms with Crippen molar-refractivity contribution >= 4 is 33.3 Å². The smallest absolute Gasteiger partial charge is 0.226 e. The highest BCUT2D eigenvalue weighted by Crippen LogP contribution is 2.26. The predicted octanol–water partition coefficient (Wildman–Crippen LogP) is 3.74. The van der Waals surface area contributed by atoms with E-state index in [2.05, 4.69) is 33.6 Å². The van der Waals surface area contributed by atoms with Gasteiger partial charge in [0.1, 0.15) is 10.6 Å². The minimum atomic E-state index is 0.689. The molecule has 2 aromatic rings. The molecule has 0 aromatic carbocycles. The SMILES string of the molecule is CCCCOCCCNc1nc(NCC)nc2sccc12. The molecular formula is C15H24N4OS. The Labute approximate surface area is 130 Å². The van der Waals surface area contributed by atoms with E-state index in [1.54, 1.807) is 11.3 Å². The highest BCUT2D eigenvalue weighted by molar-refractivity contribution is 7.16. The Morgan fingerprint density at radius 1 is 1.14 bits per heavy atom. The van der Waals surface area contributed by atoms with Crippen molar-refractivity contribution in [2.24, 2.45) is 0 Å². The van der Waals surface area contributed by atoms with E-state index < -0.39 is 0 Å². The molecule has 5 nitrogen and oxygen atoms in total. The maximum atomic E-state index is 5.56. The lowest BCUT2D eigenvalue weighted by Crippen LogP contribution is -2.09. The van der Waals surface area contributed by atoms with Gasteiger partial charge >= 0.3 is 0 Å². The lowest BCUT2D eigenvalue weighted by Gasteiger charge is -2.09. The molecule has 2 N–H and O–H groups in total. The molecule has 21 heavy (non-hydrogen) atoms.